The number of rotatable bonds is 9. The zero-order valence-corrected chi connectivity index (χ0v) is 24.3. The normalized spacial score (nSPS) is 24.4. The Morgan fingerprint density at radius 3 is 2.58 bits per heavy atom. The molecule has 3 heterocycles. The van der Waals surface area contributed by atoms with Gasteiger partial charge in [-0.15, -0.1) is 0 Å². The fourth-order valence-corrected chi connectivity index (χ4v) is 5.89. The second kappa shape index (κ2) is 14.7. The van der Waals surface area contributed by atoms with E-state index in [0.717, 1.165) is 31.0 Å². The molecule has 0 saturated carbocycles. The molecule has 0 spiro atoms. The fourth-order valence-electron chi connectivity index (χ4n) is 5.89. The molecule has 0 aromatic heterocycles. The molecule has 4 rings (SSSR count). The van der Waals surface area contributed by atoms with E-state index in [0.29, 0.717) is 45.0 Å². The first-order valence-corrected chi connectivity index (χ1v) is 14.4. The zero-order chi connectivity index (χ0) is 29.4. The van der Waals surface area contributed by atoms with Crippen molar-refractivity contribution in [3.63, 3.8) is 0 Å². The van der Waals surface area contributed by atoms with E-state index < -0.39 is 29.8 Å². The predicted octanol–water partition coefficient (Wildman–Crippen LogP) is 2.27. The van der Waals surface area contributed by atoms with Crippen LogP contribution in [0.5, 0.6) is 0 Å². The van der Waals surface area contributed by atoms with Crippen molar-refractivity contribution < 1.29 is 28.2 Å². The second-order valence-corrected chi connectivity index (χ2v) is 10.4. The highest BCUT2D eigenvalue weighted by atomic mass is 19.1. The van der Waals surface area contributed by atoms with Crippen LogP contribution in [0.3, 0.4) is 0 Å². The Balaban J connectivity index is 0.00000216. The highest BCUT2D eigenvalue weighted by Crippen LogP contribution is 2.34. The molecule has 3 aliphatic heterocycles. The zero-order valence-electron chi connectivity index (χ0n) is 24.3. The van der Waals surface area contributed by atoms with Crippen LogP contribution in [0.2, 0.25) is 0 Å². The molecule has 224 valence electrons. The lowest BCUT2D eigenvalue weighted by Gasteiger charge is -2.46. The maximum absolute atomic E-state index is 14.7. The summed E-state index contributed by atoms with van der Waals surface area (Å²) in [6.07, 6.45) is 2.14. The van der Waals surface area contributed by atoms with Crippen molar-refractivity contribution in [1.82, 2.24) is 25.8 Å². The van der Waals surface area contributed by atoms with Crippen molar-refractivity contribution in [1.29, 1.82) is 0 Å². The van der Waals surface area contributed by atoms with Gasteiger partial charge in [0.2, 0.25) is 5.91 Å². The molecule has 2 fully saturated rings. The molecular weight excluding hydrogens is 520 g/mol. The van der Waals surface area contributed by atoms with Gasteiger partial charge in [-0.1, -0.05) is 13.8 Å². The van der Waals surface area contributed by atoms with Crippen LogP contribution in [0.15, 0.2) is 24.4 Å². The van der Waals surface area contributed by atoms with Gasteiger partial charge >= 0.3 is 0 Å². The van der Waals surface area contributed by atoms with Gasteiger partial charge in [0, 0.05) is 51.7 Å². The van der Waals surface area contributed by atoms with Gasteiger partial charge in [0.25, 0.3) is 5.91 Å². The van der Waals surface area contributed by atoms with Crippen molar-refractivity contribution >= 4 is 17.5 Å². The third kappa shape index (κ3) is 7.30. The molecule has 3 aliphatic rings. The SMILES string of the molecule is CC.CCN1C=C(c2cc(F)ccc2F)NC1C(C1CCOCC1)N(CC1CNC(C(=O)NC)C1)C(=O)[C@H](C)O. The molecule has 9 nitrogen and oxygen atoms in total. The fraction of sp³-hybridized carbons (Fsp3) is 0.655. The van der Waals surface area contributed by atoms with Gasteiger partial charge in [-0.25, -0.2) is 8.78 Å². The van der Waals surface area contributed by atoms with Crippen LogP contribution in [0.1, 0.15) is 52.5 Å². The number of aliphatic hydroxyl groups excluding tert-OH is 1. The molecule has 2 saturated heterocycles. The number of hydrogen-bond donors (Lipinski definition) is 4. The van der Waals surface area contributed by atoms with Gasteiger partial charge < -0.3 is 35.6 Å². The summed E-state index contributed by atoms with van der Waals surface area (Å²) in [4.78, 5) is 29.5. The van der Waals surface area contributed by atoms with Crippen LogP contribution in [0.25, 0.3) is 5.70 Å². The summed E-state index contributed by atoms with van der Waals surface area (Å²) in [7, 11) is 1.60. The number of carbonyl (C=O) groups excluding carboxylic acids is 2. The average Bonchev–Trinajstić information content (AvgIpc) is 3.62. The largest absolute Gasteiger partial charge is 0.384 e. The van der Waals surface area contributed by atoms with E-state index >= 15 is 0 Å². The van der Waals surface area contributed by atoms with E-state index in [4.69, 9.17) is 4.74 Å². The Morgan fingerprint density at radius 1 is 1.25 bits per heavy atom. The minimum absolute atomic E-state index is 0.00640. The molecular formula is C29H45F2N5O4. The minimum atomic E-state index is -1.22. The Hall–Kier alpha value is -2.76. The molecule has 4 N–H and O–H groups in total. The van der Waals surface area contributed by atoms with Crippen LogP contribution in [0.4, 0.5) is 8.78 Å². The van der Waals surface area contributed by atoms with Crippen LogP contribution < -0.4 is 16.0 Å². The Morgan fingerprint density at radius 2 is 1.95 bits per heavy atom. The second-order valence-electron chi connectivity index (χ2n) is 10.4. The first-order chi connectivity index (χ1) is 19.2. The molecule has 0 bridgehead atoms. The first-order valence-electron chi connectivity index (χ1n) is 14.4. The van der Waals surface area contributed by atoms with Gasteiger partial charge in [-0.3, -0.25) is 9.59 Å². The predicted molar refractivity (Wildman–Crippen MR) is 150 cm³/mol. The number of hydrogen-bond acceptors (Lipinski definition) is 7. The van der Waals surface area contributed by atoms with Gasteiger partial charge in [0.1, 0.15) is 23.9 Å². The van der Waals surface area contributed by atoms with Crippen LogP contribution in [-0.2, 0) is 14.3 Å². The number of nitrogens with zero attached hydrogens (tertiary/aromatic N) is 2. The first kappa shape index (κ1) is 31.8. The number of aliphatic hydroxyl groups is 1. The van der Waals surface area contributed by atoms with Crippen molar-refractivity contribution in [2.75, 3.05) is 39.9 Å². The van der Waals surface area contributed by atoms with Crippen LogP contribution in [0, 0.1) is 23.5 Å². The number of halogens is 2. The van der Waals surface area contributed by atoms with E-state index in [-0.39, 0.29) is 35.4 Å². The Bertz CT molecular complexity index is 1030. The maximum Gasteiger partial charge on any atom is 0.251 e. The highest BCUT2D eigenvalue weighted by Gasteiger charge is 2.44. The summed E-state index contributed by atoms with van der Waals surface area (Å²) in [6, 6.07) is 2.63. The molecule has 40 heavy (non-hydrogen) atoms. The minimum Gasteiger partial charge on any atom is -0.384 e. The van der Waals surface area contributed by atoms with E-state index in [1.54, 1.807) is 18.1 Å². The lowest BCUT2D eigenvalue weighted by Crippen LogP contribution is -2.61. The standard InChI is InChI=1S/C27H39F2N5O4.C2H6/c1-4-33-15-23(20-12-19(28)5-6-21(20)29)32-25(33)24(18-7-9-38-10-8-18)34(27(37)16(2)35)14-17-11-22(31-13-17)26(36)30-3;1-2/h5-6,12,15-18,22,24-25,31-32,35H,4,7-11,13-14H2,1-3H3,(H,30,36);1-2H3/t16-,17?,22?,24?,25?;/m0./s1. The number of amides is 2. The summed E-state index contributed by atoms with van der Waals surface area (Å²) in [5.74, 6) is -1.52. The number of ether oxygens (including phenoxy) is 1. The van der Waals surface area contributed by atoms with Crippen LogP contribution in [-0.4, -0.2) is 91.0 Å². The summed E-state index contributed by atoms with van der Waals surface area (Å²) < 4.78 is 34.3. The Labute approximate surface area is 236 Å². The summed E-state index contributed by atoms with van der Waals surface area (Å²) in [5.41, 5.74) is 0.566. The lowest BCUT2D eigenvalue weighted by molar-refractivity contribution is -0.147. The molecule has 11 heteroatoms. The van der Waals surface area contributed by atoms with Crippen LogP contribution >= 0.6 is 0 Å². The number of likely N-dealkylation sites (N-methyl/N-ethyl adjacent to an activating group) is 2. The lowest BCUT2D eigenvalue weighted by atomic mass is 9.87. The third-order valence-corrected chi connectivity index (χ3v) is 7.85. The van der Waals surface area contributed by atoms with Gasteiger partial charge in [0.05, 0.1) is 17.8 Å². The monoisotopic (exact) mass is 565 g/mol. The van der Waals surface area contributed by atoms with Gasteiger partial charge in [-0.2, -0.15) is 0 Å². The third-order valence-electron chi connectivity index (χ3n) is 7.85. The molecule has 5 atom stereocenters. The van der Waals surface area contributed by atoms with Crippen molar-refractivity contribution in [2.45, 2.75) is 71.3 Å². The van der Waals surface area contributed by atoms with Crippen molar-refractivity contribution in [2.24, 2.45) is 11.8 Å². The molecule has 0 radical (unpaired) electrons. The average molecular weight is 566 g/mol. The molecule has 2 amide bonds. The molecule has 0 aliphatic carbocycles. The number of nitrogens with one attached hydrogen (secondary N) is 3. The number of benzene rings is 1. The van der Waals surface area contributed by atoms with Gasteiger partial charge in [-0.05, 0) is 63.1 Å². The highest BCUT2D eigenvalue weighted by molar-refractivity contribution is 5.82. The summed E-state index contributed by atoms with van der Waals surface area (Å²) in [6.45, 7) is 10.0. The quantitative estimate of drug-likeness (QED) is 0.364. The summed E-state index contributed by atoms with van der Waals surface area (Å²) >= 11 is 0. The number of carbonyl (C=O) groups is 2. The van der Waals surface area contributed by atoms with E-state index in [2.05, 4.69) is 16.0 Å². The Kier molecular flexibility index (Phi) is 11.7. The van der Waals surface area contributed by atoms with Gasteiger partial charge in [0.15, 0.2) is 0 Å². The van der Waals surface area contributed by atoms with Crippen molar-refractivity contribution in [3.05, 3.63) is 41.6 Å². The molecule has 4 unspecified atom stereocenters. The molecule has 1 aromatic carbocycles. The van der Waals surface area contributed by atoms with E-state index in [1.807, 2.05) is 25.7 Å². The van der Waals surface area contributed by atoms with E-state index in [9.17, 15) is 23.5 Å². The molecule has 1 aromatic rings. The topological polar surface area (TPSA) is 106 Å². The van der Waals surface area contributed by atoms with Crippen molar-refractivity contribution in [3.8, 4) is 0 Å². The van der Waals surface area contributed by atoms with E-state index in [1.165, 1.54) is 6.92 Å². The smallest absolute Gasteiger partial charge is 0.251 e. The summed E-state index contributed by atoms with van der Waals surface area (Å²) in [5, 5.41) is 19.7. The maximum atomic E-state index is 14.7.